The fourth-order valence-corrected chi connectivity index (χ4v) is 3.29. The van der Waals surface area contributed by atoms with Crippen LogP contribution in [0.3, 0.4) is 0 Å². The molecule has 2 aliphatic rings. The van der Waals surface area contributed by atoms with Crippen molar-refractivity contribution in [2.45, 2.75) is 31.6 Å². The maximum absolute atomic E-state index is 11.6. The lowest BCUT2D eigenvalue weighted by Crippen LogP contribution is -2.42. The lowest BCUT2D eigenvalue weighted by molar-refractivity contribution is -0.158. The van der Waals surface area contributed by atoms with Gasteiger partial charge in [-0.2, -0.15) is 0 Å². The highest BCUT2D eigenvalue weighted by atomic mass is 16.5. The third-order valence-electron chi connectivity index (χ3n) is 4.37. The third kappa shape index (κ3) is 1.83. The minimum Gasteiger partial charge on any atom is -0.481 e. The first kappa shape index (κ1) is 11.7. The van der Waals surface area contributed by atoms with Crippen LogP contribution in [0.2, 0.25) is 0 Å². The summed E-state index contributed by atoms with van der Waals surface area (Å²) in [4.78, 5) is 11.6. The fourth-order valence-electron chi connectivity index (χ4n) is 3.29. The fraction of sp³-hybridized carbons (Fsp3) is 0.533. The zero-order valence-electron chi connectivity index (χ0n) is 10.4. The average Bonchev–Trinajstić information content (AvgIpc) is 2.37. The molecule has 1 fully saturated rings. The standard InChI is InChI=1S/C15H18O3/c16-14(17)15(6-3-7-18-10-15)9-12-8-11-4-1-2-5-13(11)12/h1-2,4-5,12H,3,6-10H2,(H,16,17). The van der Waals surface area contributed by atoms with Gasteiger partial charge in [0.05, 0.1) is 12.0 Å². The molecule has 0 aromatic heterocycles. The van der Waals surface area contributed by atoms with Crippen molar-refractivity contribution in [1.29, 1.82) is 0 Å². The minimum atomic E-state index is -0.688. The number of carboxylic acids is 1. The molecule has 1 aromatic rings. The molecule has 1 aliphatic heterocycles. The van der Waals surface area contributed by atoms with E-state index in [0.717, 1.165) is 25.7 Å². The molecule has 0 radical (unpaired) electrons. The smallest absolute Gasteiger partial charge is 0.312 e. The molecule has 2 unspecified atom stereocenters. The molecule has 3 nitrogen and oxygen atoms in total. The SMILES string of the molecule is O=C(O)C1(CC2Cc3ccccc32)CCCOC1. The summed E-state index contributed by atoms with van der Waals surface area (Å²) in [7, 11) is 0. The van der Waals surface area contributed by atoms with E-state index in [-0.39, 0.29) is 0 Å². The van der Waals surface area contributed by atoms with E-state index in [1.807, 2.05) is 12.1 Å². The maximum Gasteiger partial charge on any atom is 0.312 e. The van der Waals surface area contributed by atoms with Gasteiger partial charge in [0, 0.05) is 6.61 Å². The molecule has 96 valence electrons. The highest BCUT2D eigenvalue weighted by molar-refractivity contribution is 5.75. The zero-order chi connectivity index (χ0) is 12.6. The van der Waals surface area contributed by atoms with Gasteiger partial charge in [-0.1, -0.05) is 24.3 Å². The van der Waals surface area contributed by atoms with Crippen molar-refractivity contribution in [2.24, 2.45) is 5.41 Å². The Hall–Kier alpha value is -1.35. The number of fused-ring (bicyclic) bond motifs is 1. The summed E-state index contributed by atoms with van der Waals surface area (Å²) in [6.07, 6.45) is 3.35. The van der Waals surface area contributed by atoms with Crippen molar-refractivity contribution in [1.82, 2.24) is 0 Å². The Bertz CT molecular complexity index is 461. The van der Waals surface area contributed by atoms with E-state index in [9.17, 15) is 9.90 Å². The lowest BCUT2D eigenvalue weighted by atomic mass is 9.67. The second-order valence-corrected chi connectivity index (χ2v) is 5.55. The van der Waals surface area contributed by atoms with Crippen LogP contribution in [-0.2, 0) is 16.0 Å². The topological polar surface area (TPSA) is 46.5 Å². The van der Waals surface area contributed by atoms with Crippen LogP contribution in [-0.4, -0.2) is 24.3 Å². The molecule has 2 atom stereocenters. The van der Waals surface area contributed by atoms with E-state index in [1.165, 1.54) is 11.1 Å². The Morgan fingerprint density at radius 1 is 1.44 bits per heavy atom. The molecule has 0 bridgehead atoms. The van der Waals surface area contributed by atoms with Crippen LogP contribution in [0.15, 0.2) is 24.3 Å². The summed E-state index contributed by atoms with van der Waals surface area (Å²) >= 11 is 0. The average molecular weight is 246 g/mol. The summed E-state index contributed by atoms with van der Waals surface area (Å²) in [5, 5.41) is 9.53. The predicted octanol–water partition coefficient (Wildman–Crippen LogP) is 2.60. The largest absolute Gasteiger partial charge is 0.481 e. The number of hydrogen-bond acceptors (Lipinski definition) is 2. The van der Waals surface area contributed by atoms with Crippen LogP contribution in [0.5, 0.6) is 0 Å². The highest BCUT2D eigenvalue weighted by Gasteiger charge is 2.44. The molecule has 3 rings (SSSR count). The molecular formula is C15H18O3. The molecule has 1 N–H and O–H groups in total. The summed E-state index contributed by atoms with van der Waals surface area (Å²) in [6, 6.07) is 8.35. The Balaban J connectivity index is 1.77. The number of carbonyl (C=O) groups is 1. The Morgan fingerprint density at radius 2 is 2.28 bits per heavy atom. The Morgan fingerprint density at radius 3 is 2.94 bits per heavy atom. The molecule has 0 saturated carbocycles. The maximum atomic E-state index is 11.6. The van der Waals surface area contributed by atoms with Gasteiger partial charge < -0.3 is 9.84 Å². The molecular weight excluding hydrogens is 228 g/mol. The van der Waals surface area contributed by atoms with Gasteiger partial charge in [-0.3, -0.25) is 4.79 Å². The first-order valence-corrected chi connectivity index (χ1v) is 6.60. The van der Waals surface area contributed by atoms with Crippen molar-refractivity contribution >= 4 is 5.97 Å². The van der Waals surface area contributed by atoms with Gasteiger partial charge in [-0.05, 0) is 42.7 Å². The predicted molar refractivity (Wildman–Crippen MR) is 67.6 cm³/mol. The summed E-state index contributed by atoms with van der Waals surface area (Å²) < 4.78 is 5.42. The summed E-state index contributed by atoms with van der Waals surface area (Å²) in [6.45, 7) is 1.08. The summed E-state index contributed by atoms with van der Waals surface area (Å²) in [5.41, 5.74) is 2.06. The van der Waals surface area contributed by atoms with Gasteiger partial charge >= 0.3 is 5.97 Å². The second kappa shape index (κ2) is 4.39. The van der Waals surface area contributed by atoms with Crippen LogP contribution in [0.25, 0.3) is 0 Å². The van der Waals surface area contributed by atoms with Crippen LogP contribution in [0.4, 0.5) is 0 Å². The van der Waals surface area contributed by atoms with Gasteiger partial charge in [0.1, 0.15) is 0 Å². The molecule has 1 aliphatic carbocycles. The highest BCUT2D eigenvalue weighted by Crippen LogP contribution is 2.45. The van der Waals surface area contributed by atoms with Crippen molar-refractivity contribution in [3.8, 4) is 0 Å². The summed E-state index contributed by atoms with van der Waals surface area (Å²) in [5.74, 6) is -0.286. The third-order valence-corrected chi connectivity index (χ3v) is 4.37. The van der Waals surface area contributed by atoms with Gasteiger partial charge in [-0.25, -0.2) is 0 Å². The quantitative estimate of drug-likeness (QED) is 0.891. The number of carboxylic acid groups (broad SMARTS) is 1. The zero-order valence-corrected chi connectivity index (χ0v) is 10.4. The van der Waals surface area contributed by atoms with Gasteiger partial charge in [0.15, 0.2) is 0 Å². The number of aliphatic carboxylic acids is 1. The van der Waals surface area contributed by atoms with Crippen LogP contribution in [0.1, 0.15) is 36.3 Å². The van der Waals surface area contributed by atoms with E-state index in [2.05, 4.69) is 12.1 Å². The monoisotopic (exact) mass is 246 g/mol. The van der Waals surface area contributed by atoms with E-state index in [1.54, 1.807) is 0 Å². The molecule has 1 heterocycles. The van der Waals surface area contributed by atoms with E-state index >= 15 is 0 Å². The molecule has 0 spiro atoms. The Labute approximate surface area is 107 Å². The van der Waals surface area contributed by atoms with E-state index in [0.29, 0.717) is 19.1 Å². The van der Waals surface area contributed by atoms with Crippen molar-refractivity contribution in [2.75, 3.05) is 13.2 Å². The van der Waals surface area contributed by atoms with Gasteiger partial charge in [0.25, 0.3) is 0 Å². The van der Waals surface area contributed by atoms with Gasteiger partial charge in [-0.15, -0.1) is 0 Å². The van der Waals surface area contributed by atoms with Crippen LogP contribution < -0.4 is 0 Å². The molecule has 0 amide bonds. The number of benzene rings is 1. The van der Waals surface area contributed by atoms with E-state index in [4.69, 9.17) is 4.74 Å². The minimum absolute atomic E-state index is 0.376. The molecule has 18 heavy (non-hydrogen) atoms. The number of rotatable bonds is 3. The normalized spacial score (nSPS) is 30.3. The van der Waals surface area contributed by atoms with Crippen molar-refractivity contribution < 1.29 is 14.6 Å². The van der Waals surface area contributed by atoms with Crippen LogP contribution >= 0.6 is 0 Å². The van der Waals surface area contributed by atoms with Gasteiger partial charge in [0.2, 0.25) is 0 Å². The lowest BCUT2D eigenvalue weighted by Gasteiger charge is -2.39. The van der Waals surface area contributed by atoms with Crippen LogP contribution in [0, 0.1) is 5.41 Å². The molecule has 3 heteroatoms. The first-order valence-electron chi connectivity index (χ1n) is 6.60. The Kier molecular flexibility index (Phi) is 2.86. The first-order chi connectivity index (χ1) is 8.71. The number of hydrogen-bond donors (Lipinski definition) is 1. The molecule has 1 aromatic carbocycles. The second-order valence-electron chi connectivity index (χ2n) is 5.55. The molecule has 1 saturated heterocycles. The van der Waals surface area contributed by atoms with E-state index < -0.39 is 11.4 Å². The van der Waals surface area contributed by atoms with Crippen molar-refractivity contribution in [3.63, 3.8) is 0 Å². The van der Waals surface area contributed by atoms with Crippen molar-refractivity contribution in [3.05, 3.63) is 35.4 Å². The number of ether oxygens (including phenoxy) is 1.